The molecule has 0 aliphatic rings. The number of anilines is 1. The third-order valence-electron chi connectivity index (χ3n) is 3.88. The van der Waals surface area contributed by atoms with Gasteiger partial charge in [-0.1, -0.05) is 17.7 Å². The molecule has 1 heterocycles. The van der Waals surface area contributed by atoms with E-state index in [9.17, 15) is 9.59 Å². The maximum atomic E-state index is 12.8. The molecule has 0 aliphatic heterocycles. The van der Waals surface area contributed by atoms with E-state index in [0.29, 0.717) is 22.7 Å². The number of methoxy groups -OCH3 is 1. The third-order valence-corrected chi connectivity index (χ3v) is 4.19. The van der Waals surface area contributed by atoms with Crippen molar-refractivity contribution in [3.63, 3.8) is 0 Å². The molecular formula is C18H17ClN6O3. The van der Waals surface area contributed by atoms with Gasteiger partial charge in [-0.2, -0.15) is 4.68 Å². The molecule has 0 bridgehead atoms. The molecule has 0 unspecified atom stereocenters. The van der Waals surface area contributed by atoms with Gasteiger partial charge < -0.3 is 15.0 Å². The van der Waals surface area contributed by atoms with E-state index in [-0.39, 0.29) is 16.5 Å². The third kappa shape index (κ3) is 3.94. The van der Waals surface area contributed by atoms with Crippen LogP contribution in [0.4, 0.5) is 5.69 Å². The molecule has 2 aromatic carbocycles. The fraction of sp³-hybridized carbons (Fsp3) is 0.167. The summed E-state index contributed by atoms with van der Waals surface area (Å²) >= 11 is 6.30. The Balaban J connectivity index is 1.90. The molecule has 0 spiro atoms. The second kappa shape index (κ2) is 8.05. The minimum absolute atomic E-state index is 0.164. The number of hydrogen-bond acceptors (Lipinski definition) is 6. The van der Waals surface area contributed by atoms with Crippen LogP contribution in [0.1, 0.15) is 20.7 Å². The first kappa shape index (κ1) is 19.3. The summed E-state index contributed by atoms with van der Waals surface area (Å²) in [4.78, 5) is 26.3. The van der Waals surface area contributed by atoms with Gasteiger partial charge in [-0.05, 0) is 34.7 Å². The smallest absolute Gasteiger partial charge is 0.259 e. The van der Waals surface area contributed by atoms with Crippen LogP contribution < -0.4 is 10.1 Å². The molecule has 144 valence electrons. The van der Waals surface area contributed by atoms with E-state index in [0.717, 1.165) is 0 Å². The maximum Gasteiger partial charge on any atom is 0.259 e. The Kier molecular flexibility index (Phi) is 5.55. The first-order chi connectivity index (χ1) is 13.4. The lowest BCUT2D eigenvalue weighted by Crippen LogP contribution is -2.22. The minimum atomic E-state index is -0.434. The Morgan fingerprint density at radius 1 is 1.21 bits per heavy atom. The van der Waals surface area contributed by atoms with E-state index in [1.54, 1.807) is 44.4 Å². The molecule has 9 nitrogen and oxygen atoms in total. The molecule has 2 amide bonds. The summed E-state index contributed by atoms with van der Waals surface area (Å²) in [5.41, 5.74) is 1.63. The van der Waals surface area contributed by atoms with Crippen LogP contribution in [0.15, 0.2) is 42.7 Å². The zero-order valence-corrected chi connectivity index (χ0v) is 16.1. The molecular weight excluding hydrogens is 384 g/mol. The van der Waals surface area contributed by atoms with Crippen molar-refractivity contribution in [1.82, 2.24) is 25.1 Å². The monoisotopic (exact) mass is 400 g/mol. The standard InChI is InChI=1S/C18H17ClN6O3/c1-24(2)18(27)11-5-4-6-12(7-11)21-17(26)13-8-14(19)15(9-16(13)28-3)25-10-20-22-23-25/h4-10H,1-3H3,(H,21,26). The topological polar surface area (TPSA) is 102 Å². The SMILES string of the molecule is COc1cc(-n2cnnn2)c(Cl)cc1C(=O)Nc1cccc(C(=O)N(C)C)c1. The zero-order chi connectivity index (χ0) is 20.3. The molecule has 0 saturated carbocycles. The average molecular weight is 401 g/mol. The lowest BCUT2D eigenvalue weighted by molar-refractivity contribution is 0.0827. The highest BCUT2D eigenvalue weighted by molar-refractivity contribution is 6.33. The number of tetrazole rings is 1. The van der Waals surface area contributed by atoms with Crippen molar-refractivity contribution in [3.05, 3.63) is 58.9 Å². The van der Waals surface area contributed by atoms with Crippen molar-refractivity contribution in [2.24, 2.45) is 0 Å². The number of hydrogen-bond donors (Lipinski definition) is 1. The lowest BCUT2D eigenvalue weighted by atomic mass is 10.1. The number of ether oxygens (including phenoxy) is 1. The Morgan fingerprint density at radius 2 is 2.00 bits per heavy atom. The Bertz CT molecular complexity index is 1020. The molecule has 0 aliphatic carbocycles. The number of amides is 2. The van der Waals surface area contributed by atoms with Crippen molar-refractivity contribution in [2.75, 3.05) is 26.5 Å². The number of halogens is 1. The molecule has 3 aromatic rings. The highest BCUT2D eigenvalue weighted by Gasteiger charge is 2.18. The van der Waals surface area contributed by atoms with Gasteiger partial charge >= 0.3 is 0 Å². The highest BCUT2D eigenvalue weighted by Crippen LogP contribution is 2.30. The number of benzene rings is 2. The van der Waals surface area contributed by atoms with E-state index >= 15 is 0 Å². The minimum Gasteiger partial charge on any atom is -0.496 e. The van der Waals surface area contributed by atoms with Crippen molar-refractivity contribution in [1.29, 1.82) is 0 Å². The summed E-state index contributed by atoms with van der Waals surface area (Å²) in [6.45, 7) is 0. The summed E-state index contributed by atoms with van der Waals surface area (Å²) < 4.78 is 6.69. The molecule has 3 rings (SSSR count). The molecule has 0 saturated heterocycles. The van der Waals surface area contributed by atoms with Gasteiger partial charge in [0.25, 0.3) is 11.8 Å². The zero-order valence-electron chi connectivity index (χ0n) is 15.4. The summed E-state index contributed by atoms with van der Waals surface area (Å²) in [6, 6.07) is 9.70. The average Bonchev–Trinajstić information content (AvgIpc) is 3.21. The molecule has 10 heteroatoms. The van der Waals surface area contributed by atoms with Gasteiger partial charge in [0.2, 0.25) is 0 Å². The molecule has 28 heavy (non-hydrogen) atoms. The van der Waals surface area contributed by atoms with Crippen LogP contribution in [0.2, 0.25) is 5.02 Å². The van der Waals surface area contributed by atoms with Crippen LogP contribution >= 0.6 is 11.6 Å². The number of nitrogens with zero attached hydrogens (tertiary/aromatic N) is 5. The Hall–Kier alpha value is -3.46. The van der Waals surface area contributed by atoms with Crippen LogP contribution in [0.5, 0.6) is 5.75 Å². The molecule has 1 N–H and O–H groups in total. The van der Waals surface area contributed by atoms with Crippen LogP contribution in [-0.4, -0.2) is 58.1 Å². The number of carbonyl (C=O) groups excluding carboxylic acids is 2. The van der Waals surface area contributed by atoms with Gasteiger partial charge in [0.05, 0.1) is 23.4 Å². The van der Waals surface area contributed by atoms with E-state index in [1.807, 2.05) is 0 Å². The van der Waals surface area contributed by atoms with Crippen LogP contribution in [0, 0.1) is 0 Å². The first-order valence-electron chi connectivity index (χ1n) is 8.14. The first-order valence-corrected chi connectivity index (χ1v) is 8.52. The van der Waals surface area contributed by atoms with E-state index < -0.39 is 5.91 Å². The number of nitrogens with one attached hydrogen (secondary N) is 1. The van der Waals surface area contributed by atoms with E-state index in [2.05, 4.69) is 20.8 Å². The normalized spacial score (nSPS) is 10.4. The molecule has 1 aromatic heterocycles. The summed E-state index contributed by atoms with van der Waals surface area (Å²) in [5.74, 6) is -0.299. The van der Waals surface area contributed by atoms with Gasteiger partial charge in [0.1, 0.15) is 12.1 Å². The van der Waals surface area contributed by atoms with E-state index in [1.165, 1.54) is 29.1 Å². The predicted octanol–water partition coefficient (Wildman–Crippen LogP) is 2.28. The highest BCUT2D eigenvalue weighted by atomic mass is 35.5. The van der Waals surface area contributed by atoms with Crippen molar-refractivity contribution < 1.29 is 14.3 Å². The fourth-order valence-corrected chi connectivity index (χ4v) is 2.77. The second-order valence-corrected chi connectivity index (χ2v) is 6.40. The molecule has 0 atom stereocenters. The number of rotatable bonds is 5. The van der Waals surface area contributed by atoms with Crippen molar-refractivity contribution >= 4 is 29.1 Å². The second-order valence-electron chi connectivity index (χ2n) is 5.99. The Morgan fingerprint density at radius 3 is 2.64 bits per heavy atom. The largest absolute Gasteiger partial charge is 0.496 e. The van der Waals surface area contributed by atoms with Gasteiger partial charge in [-0.15, -0.1) is 5.10 Å². The van der Waals surface area contributed by atoms with Crippen LogP contribution in [0.25, 0.3) is 5.69 Å². The van der Waals surface area contributed by atoms with Crippen LogP contribution in [0.3, 0.4) is 0 Å². The summed E-state index contributed by atoms with van der Waals surface area (Å²) in [7, 11) is 4.76. The van der Waals surface area contributed by atoms with Gasteiger partial charge in [-0.3, -0.25) is 9.59 Å². The molecule has 0 fully saturated rings. The predicted molar refractivity (Wildman–Crippen MR) is 103 cm³/mol. The number of aromatic nitrogens is 4. The Labute approximate surface area is 165 Å². The van der Waals surface area contributed by atoms with Gasteiger partial charge in [0, 0.05) is 31.4 Å². The lowest BCUT2D eigenvalue weighted by Gasteiger charge is -2.14. The van der Waals surface area contributed by atoms with E-state index in [4.69, 9.17) is 16.3 Å². The quantitative estimate of drug-likeness (QED) is 0.704. The fourth-order valence-electron chi connectivity index (χ4n) is 2.52. The number of carbonyl (C=O) groups is 2. The maximum absolute atomic E-state index is 12.8. The molecule has 0 radical (unpaired) electrons. The van der Waals surface area contributed by atoms with Crippen molar-refractivity contribution in [2.45, 2.75) is 0 Å². The van der Waals surface area contributed by atoms with Crippen molar-refractivity contribution in [3.8, 4) is 11.4 Å². The summed E-state index contributed by atoms with van der Waals surface area (Å²) in [5, 5.41) is 13.9. The van der Waals surface area contributed by atoms with Gasteiger partial charge in [-0.25, -0.2) is 0 Å². The van der Waals surface area contributed by atoms with Crippen LogP contribution in [-0.2, 0) is 0 Å². The van der Waals surface area contributed by atoms with Gasteiger partial charge in [0.15, 0.2) is 0 Å². The summed E-state index contributed by atoms with van der Waals surface area (Å²) in [6.07, 6.45) is 1.38.